The van der Waals surface area contributed by atoms with Crippen LogP contribution in [-0.2, 0) is 9.59 Å². The van der Waals surface area contributed by atoms with Crippen LogP contribution in [0.2, 0.25) is 0 Å². The van der Waals surface area contributed by atoms with Gasteiger partial charge in [-0.1, -0.05) is 20.8 Å². The number of rotatable bonds is 7. The second-order valence-electron chi connectivity index (χ2n) is 8.91. The van der Waals surface area contributed by atoms with Gasteiger partial charge in [0.15, 0.2) is 0 Å². The van der Waals surface area contributed by atoms with E-state index in [2.05, 4.69) is 35.9 Å². The molecule has 0 aromatic heterocycles. The SMILES string of the molecule is CC(C)(C)C(=O)CCCCC(=O)NCN1CCN(C(C)(C)C)CC1. The van der Waals surface area contributed by atoms with Gasteiger partial charge in [-0.2, -0.15) is 0 Å². The van der Waals surface area contributed by atoms with E-state index in [1.54, 1.807) is 0 Å². The summed E-state index contributed by atoms with van der Waals surface area (Å²) in [6, 6.07) is 0. The normalized spacial score (nSPS) is 17.8. The maximum Gasteiger partial charge on any atom is 0.220 e. The van der Waals surface area contributed by atoms with Crippen LogP contribution in [0.5, 0.6) is 0 Å². The Morgan fingerprint density at radius 2 is 1.42 bits per heavy atom. The predicted molar refractivity (Wildman–Crippen MR) is 98.8 cm³/mol. The number of unbranched alkanes of at least 4 members (excludes halogenated alkanes) is 1. The number of hydrogen-bond donors (Lipinski definition) is 1. The summed E-state index contributed by atoms with van der Waals surface area (Å²) in [7, 11) is 0. The Morgan fingerprint density at radius 1 is 0.875 bits per heavy atom. The number of ketones is 1. The molecule has 1 aliphatic rings. The molecule has 5 heteroatoms. The van der Waals surface area contributed by atoms with Crippen molar-refractivity contribution in [3.05, 3.63) is 0 Å². The average Bonchev–Trinajstić information content (AvgIpc) is 2.47. The molecule has 0 saturated carbocycles. The molecule has 0 aliphatic carbocycles. The fourth-order valence-electron chi connectivity index (χ4n) is 2.81. The number of carbonyl (C=O) groups excluding carboxylic acids is 2. The Kier molecular flexibility index (Phi) is 7.87. The van der Waals surface area contributed by atoms with Crippen molar-refractivity contribution in [3.63, 3.8) is 0 Å². The van der Waals surface area contributed by atoms with Crippen LogP contribution in [0.1, 0.15) is 67.2 Å². The third-order valence-corrected chi connectivity index (χ3v) is 4.71. The molecular formula is C19H37N3O2. The highest BCUT2D eigenvalue weighted by atomic mass is 16.1. The molecule has 1 saturated heterocycles. The molecule has 1 rings (SSSR count). The Balaban J connectivity index is 2.12. The molecule has 1 amide bonds. The fraction of sp³-hybridized carbons (Fsp3) is 0.895. The lowest BCUT2D eigenvalue weighted by molar-refractivity contribution is -0.127. The number of Topliss-reactive ketones (excluding diaryl/α,β-unsaturated/α-hetero) is 1. The van der Waals surface area contributed by atoms with Crippen molar-refractivity contribution >= 4 is 11.7 Å². The Morgan fingerprint density at radius 3 is 1.92 bits per heavy atom. The number of amides is 1. The maximum absolute atomic E-state index is 11.9. The summed E-state index contributed by atoms with van der Waals surface area (Å²) in [4.78, 5) is 28.5. The van der Waals surface area contributed by atoms with Crippen molar-refractivity contribution in [2.24, 2.45) is 5.41 Å². The van der Waals surface area contributed by atoms with E-state index in [1.807, 2.05) is 20.8 Å². The van der Waals surface area contributed by atoms with Crippen molar-refractivity contribution in [1.29, 1.82) is 0 Å². The van der Waals surface area contributed by atoms with Gasteiger partial charge in [0.2, 0.25) is 5.91 Å². The van der Waals surface area contributed by atoms with Crippen LogP contribution in [0.4, 0.5) is 0 Å². The van der Waals surface area contributed by atoms with Gasteiger partial charge in [0.1, 0.15) is 5.78 Å². The van der Waals surface area contributed by atoms with Crippen molar-refractivity contribution in [2.45, 2.75) is 72.8 Å². The second-order valence-corrected chi connectivity index (χ2v) is 8.91. The van der Waals surface area contributed by atoms with E-state index in [9.17, 15) is 9.59 Å². The first kappa shape index (κ1) is 21.1. The molecular weight excluding hydrogens is 302 g/mol. The van der Waals surface area contributed by atoms with Gasteiger partial charge in [0.25, 0.3) is 0 Å². The number of nitrogens with zero attached hydrogens (tertiary/aromatic N) is 2. The molecule has 0 aromatic carbocycles. The van der Waals surface area contributed by atoms with E-state index >= 15 is 0 Å². The van der Waals surface area contributed by atoms with Gasteiger partial charge in [-0.3, -0.25) is 19.4 Å². The summed E-state index contributed by atoms with van der Waals surface area (Å²) in [6.45, 7) is 17.3. The summed E-state index contributed by atoms with van der Waals surface area (Å²) < 4.78 is 0. The van der Waals surface area contributed by atoms with Crippen LogP contribution in [-0.4, -0.2) is 59.9 Å². The zero-order chi connectivity index (χ0) is 18.4. The quantitative estimate of drug-likeness (QED) is 0.725. The van der Waals surface area contributed by atoms with E-state index in [-0.39, 0.29) is 22.6 Å². The smallest absolute Gasteiger partial charge is 0.220 e. The van der Waals surface area contributed by atoms with Crippen LogP contribution in [0.15, 0.2) is 0 Å². The minimum Gasteiger partial charge on any atom is -0.343 e. The van der Waals surface area contributed by atoms with Gasteiger partial charge in [-0.05, 0) is 33.6 Å². The number of carbonyl (C=O) groups is 2. The Bertz CT molecular complexity index is 413. The van der Waals surface area contributed by atoms with Crippen molar-refractivity contribution in [2.75, 3.05) is 32.8 Å². The molecule has 1 N–H and O–H groups in total. The van der Waals surface area contributed by atoms with E-state index in [4.69, 9.17) is 0 Å². The molecule has 0 bridgehead atoms. The monoisotopic (exact) mass is 339 g/mol. The van der Waals surface area contributed by atoms with Crippen molar-refractivity contribution in [1.82, 2.24) is 15.1 Å². The molecule has 140 valence electrons. The molecule has 1 fully saturated rings. The van der Waals surface area contributed by atoms with Crippen molar-refractivity contribution in [3.8, 4) is 0 Å². The largest absolute Gasteiger partial charge is 0.343 e. The van der Waals surface area contributed by atoms with Crippen LogP contribution in [0.25, 0.3) is 0 Å². The lowest BCUT2D eigenvalue weighted by Crippen LogP contribution is -2.55. The Labute approximate surface area is 148 Å². The van der Waals surface area contributed by atoms with Crippen LogP contribution in [0.3, 0.4) is 0 Å². The Hall–Kier alpha value is -0.940. The number of hydrogen-bond acceptors (Lipinski definition) is 4. The molecule has 5 nitrogen and oxygen atoms in total. The third-order valence-electron chi connectivity index (χ3n) is 4.71. The molecule has 1 aliphatic heterocycles. The van der Waals surface area contributed by atoms with E-state index in [0.29, 0.717) is 19.5 Å². The van der Waals surface area contributed by atoms with Gasteiger partial charge < -0.3 is 5.32 Å². The molecule has 0 unspecified atom stereocenters. The van der Waals surface area contributed by atoms with Gasteiger partial charge in [0, 0.05) is 50.0 Å². The number of piperazine rings is 1. The fourth-order valence-corrected chi connectivity index (χ4v) is 2.81. The van der Waals surface area contributed by atoms with E-state index < -0.39 is 0 Å². The average molecular weight is 340 g/mol. The van der Waals surface area contributed by atoms with Gasteiger partial charge in [-0.25, -0.2) is 0 Å². The van der Waals surface area contributed by atoms with Crippen LogP contribution >= 0.6 is 0 Å². The van der Waals surface area contributed by atoms with E-state index in [1.165, 1.54) is 0 Å². The van der Waals surface area contributed by atoms with Gasteiger partial charge in [0.05, 0.1) is 6.67 Å². The zero-order valence-electron chi connectivity index (χ0n) is 16.6. The van der Waals surface area contributed by atoms with E-state index in [0.717, 1.165) is 39.0 Å². The van der Waals surface area contributed by atoms with Crippen LogP contribution < -0.4 is 5.32 Å². The highest BCUT2D eigenvalue weighted by Crippen LogP contribution is 2.18. The highest BCUT2D eigenvalue weighted by Gasteiger charge is 2.25. The molecule has 0 radical (unpaired) electrons. The summed E-state index contributed by atoms with van der Waals surface area (Å²) in [5.41, 5.74) is -0.0444. The topological polar surface area (TPSA) is 52.7 Å². The maximum atomic E-state index is 11.9. The minimum absolute atomic E-state index is 0.0939. The molecule has 0 spiro atoms. The standard InChI is InChI=1S/C19H37N3O2/c1-18(2,3)16(23)9-7-8-10-17(24)20-15-21-11-13-22(14-12-21)19(4,5)6/h7-15H2,1-6H3,(H,20,24). The lowest BCUT2D eigenvalue weighted by atomic mass is 9.88. The summed E-state index contributed by atoms with van der Waals surface area (Å²) in [6.07, 6.45) is 2.67. The molecule has 24 heavy (non-hydrogen) atoms. The van der Waals surface area contributed by atoms with Crippen LogP contribution in [0, 0.1) is 5.41 Å². The second kappa shape index (κ2) is 8.95. The first-order chi connectivity index (χ1) is 11.0. The first-order valence-electron chi connectivity index (χ1n) is 9.27. The number of nitrogens with one attached hydrogen (secondary N) is 1. The zero-order valence-corrected chi connectivity index (χ0v) is 16.6. The third kappa shape index (κ3) is 7.75. The summed E-state index contributed by atoms with van der Waals surface area (Å²) in [5, 5.41) is 3.01. The summed E-state index contributed by atoms with van der Waals surface area (Å²) >= 11 is 0. The van der Waals surface area contributed by atoms with Gasteiger partial charge in [-0.15, -0.1) is 0 Å². The van der Waals surface area contributed by atoms with Crippen molar-refractivity contribution < 1.29 is 9.59 Å². The highest BCUT2D eigenvalue weighted by molar-refractivity contribution is 5.83. The predicted octanol–water partition coefficient (Wildman–Crippen LogP) is 2.65. The molecule has 0 aromatic rings. The first-order valence-corrected chi connectivity index (χ1v) is 9.27. The molecule has 0 atom stereocenters. The lowest BCUT2D eigenvalue weighted by Gasteiger charge is -2.42. The molecule has 1 heterocycles. The minimum atomic E-state index is -0.266. The summed E-state index contributed by atoms with van der Waals surface area (Å²) in [5.74, 6) is 0.371. The van der Waals surface area contributed by atoms with Gasteiger partial charge >= 0.3 is 0 Å².